The number of benzene rings is 1. The number of para-hydroxylation sites is 2. The Balaban J connectivity index is 1.95. The molecule has 0 fully saturated rings. The lowest BCUT2D eigenvalue weighted by atomic mass is 10.3. The molecule has 9 heteroatoms. The van der Waals surface area contributed by atoms with Crippen molar-refractivity contribution in [2.24, 2.45) is 0 Å². The predicted molar refractivity (Wildman–Crippen MR) is 70.2 cm³/mol. The Morgan fingerprint density at radius 2 is 1.86 bits per heavy atom. The van der Waals surface area contributed by atoms with E-state index in [4.69, 9.17) is 16.0 Å². The normalized spacial score (nSPS) is 12.0. The Hall–Kier alpha value is -1.80. The molecule has 1 aromatic carbocycles. The first-order chi connectivity index (χ1) is 9.91. The van der Waals surface area contributed by atoms with Crippen LogP contribution in [0, 0.1) is 0 Å². The summed E-state index contributed by atoms with van der Waals surface area (Å²) < 4.78 is 43.3. The summed E-state index contributed by atoms with van der Waals surface area (Å²) in [5.74, 6) is -1.30. The van der Waals surface area contributed by atoms with Crippen molar-refractivity contribution < 1.29 is 17.6 Å². The molecule has 2 aromatic heterocycles. The minimum Gasteiger partial charge on any atom is -0.431 e. The zero-order valence-corrected chi connectivity index (χ0v) is 11.6. The maximum absolute atomic E-state index is 12.6. The fourth-order valence-electron chi connectivity index (χ4n) is 1.56. The molecule has 0 amide bonds. The van der Waals surface area contributed by atoms with E-state index < -0.39 is 12.0 Å². The van der Waals surface area contributed by atoms with E-state index in [0.717, 1.165) is 11.8 Å². The number of fused-ring (bicyclic) bond motifs is 1. The van der Waals surface area contributed by atoms with Crippen LogP contribution in [0.15, 0.2) is 45.0 Å². The summed E-state index contributed by atoms with van der Waals surface area (Å²) in [5.41, 5.74) is 1.15. The van der Waals surface area contributed by atoms with Gasteiger partial charge in [0.05, 0.1) is 0 Å². The van der Waals surface area contributed by atoms with Crippen molar-refractivity contribution in [2.45, 2.75) is 16.4 Å². The molecule has 3 rings (SSSR count). The Bertz CT molecular complexity index is 773. The van der Waals surface area contributed by atoms with E-state index in [1.807, 2.05) is 0 Å². The van der Waals surface area contributed by atoms with Gasteiger partial charge in [0.2, 0.25) is 5.82 Å². The summed E-state index contributed by atoms with van der Waals surface area (Å²) in [5, 5.41) is -0.107. The van der Waals surface area contributed by atoms with Crippen LogP contribution in [-0.4, -0.2) is 15.0 Å². The van der Waals surface area contributed by atoms with Gasteiger partial charge in [0.1, 0.15) is 15.7 Å². The van der Waals surface area contributed by atoms with E-state index in [1.165, 1.54) is 6.07 Å². The molecule has 0 aliphatic rings. The highest BCUT2D eigenvalue weighted by Crippen LogP contribution is 2.33. The van der Waals surface area contributed by atoms with Gasteiger partial charge in [-0.2, -0.15) is 13.2 Å². The lowest BCUT2D eigenvalue weighted by Gasteiger charge is -2.06. The molecule has 0 spiro atoms. The SMILES string of the molecule is FC(F)(F)c1nc(Cl)cc(Sc2nc3ccccc3o2)n1. The molecule has 0 radical (unpaired) electrons. The van der Waals surface area contributed by atoms with Crippen molar-refractivity contribution in [2.75, 3.05) is 0 Å². The predicted octanol–water partition coefficient (Wildman–Crippen LogP) is 4.44. The highest BCUT2D eigenvalue weighted by Gasteiger charge is 2.35. The molecule has 0 unspecified atom stereocenters. The number of alkyl halides is 3. The molecular weight excluding hydrogens is 327 g/mol. The van der Waals surface area contributed by atoms with Crippen LogP contribution in [0.2, 0.25) is 5.15 Å². The number of hydrogen-bond donors (Lipinski definition) is 0. The third-order valence-corrected chi connectivity index (χ3v) is 3.35. The van der Waals surface area contributed by atoms with E-state index in [2.05, 4.69) is 15.0 Å². The fraction of sp³-hybridized carbons (Fsp3) is 0.0833. The Morgan fingerprint density at radius 1 is 1.10 bits per heavy atom. The second-order valence-corrected chi connectivity index (χ2v) is 5.26. The van der Waals surface area contributed by atoms with Crippen molar-refractivity contribution in [1.29, 1.82) is 0 Å². The molecular formula is C12H5ClF3N3OS. The van der Waals surface area contributed by atoms with Crippen LogP contribution in [0.5, 0.6) is 0 Å². The van der Waals surface area contributed by atoms with E-state index in [1.54, 1.807) is 24.3 Å². The van der Waals surface area contributed by atoms with Crippen LogP contribution in [-0.2, 0) is 6.18 Å². The van der Waals surface area contributed by atoms with Crippen LogP contribution in [0.1, 0.15) is 5.82 Å². The maximum Gasteiger partial charge on any atom is 0.451 e. The quantitative estimate of drug-likeness (QED) is 0.650. The zero-order valence-electron chi connectivity index (χ0n) is 10.1. The lowest BCUT2D eigenvalue weighted by Crippen LogP contribution is -2.11. The van der Waals surface area contributed by atoms with Gasteiger partial charge in [-0.05, 0) is 23.9 Å². The number of rotatable bonds is 2. The number of hydrogen-bond acceptors (Lipinski definition) is 5. The number of aromatic nitrogens is 3. The molecule has 0 saturated heterocycles. The number of halogens is 4. The fourth-order valence-corrected chi connectivity index (χ4v) is 2.57. The standard InChI is InChI=1S/C12H5ClF3N3OS/c13-8-5-9(19-10(18-8)12(14,15)16)21-11-17-6-3-1-2-4-7(6)20-11/h1-5H. The van der Waals surface area contributed by atoms with Gasteiger partial charge in [-0.25, -0.2) is 15.0 Å². The lowest BCUT2D eigenvalue weighted by molar-refractivity contribution is -0.145. The Morgan fingerprint density at radius 3 is 2.57 bits per heavy atom. The minimum absolute atomic E-state index is 0.00822. The van der Waals surface area contributed by atoms with Crippen molar-refractivity contribution in [3.05, 3.63) is 41.3 Å². The topological polar surface area (TPSA) is 51.8 Å². The first kappa shape index (κ1) is 14.2. The monoisotopic (exact) mass is 331 g/mol. The molecule has 0 bridgehead atoms. The Kier molecular flexibility index (Phi) is 3.50. The summed E-state index contributed by atoms with van der Waals surface area (Å²) in [6.07, 6.45) is -4.67. The molecule has 0 saturated carbocycles. The van der Waals surface area contributed by atoms with Crippen molar-refractivity contribution in [3.63, 3.8) is 0 Å². The average molecular weight is 332 g/mol. The molecule has 0 aliphatic carbocycles. The largest absolute Gasteiger partial charge is 0.451 e. The van der Waals surface area contributed by atoms with E-state index in [0.29, 0.717) is 11.1 Å². The van der Waals surface area contributed by atoms with Gasteiger partial charge in [0.25, 0.3) is 5.22 Å². The first-order valence-electron chi connectivity index (χ1n) is 5.57. The third kappa shape index (κ3) is 3.11. The van der Waals surface area contributed by atoms with Crippen molar-refractivity contribution in [1.82, 2.24) is 15.0 Å². The maximum atomic E-state index is 12.6. The third-order valence-electron chi connectivity index (χ3n) is 2.39. The summed E-state index contributed by atoms with van der Waals surface area (Å²) in [6.45, 7) is 0. The van der Waals surface area contributed by atoms with Gasteiger partial charge >= 0.3 is 6.18 Å². The molecule has 108 valence electrons. The van der Waals surface area contributed by atoms with E-state index in [9.17, 15) is 13.2 Å². The summed E-state index contributed by atoms with van der Waals surface area (Å²) >= 11 is 6.43. The first-order valence-corrected chi connectivity index (χ1v) is 6.76. The van der Waals surface area contributed by atoms with Gasteiger partial charge < -0.3 is 4.42 Å². The van der Waals surface area contributed by atoms with Crippen LogP contribution >= 0.6 is 23.4 Å². The van der Waals surface area contributed by atoms with Gasteiger partial charge in [-0.15, -0.1) is 0 Å². The Labute approximate surface area is 125 Å². The second kappa shape index (κ2) is 5.19. The van der Waals surface area contributed by atoms with Gasteiger partial charge in [-0.3, -0.25) is 0 Å². The van der Waals surface area contributed by atoms with Crippen LogP contribution in [0.3, 0.4) is 0 Å². The molecule has 21 heavy (non-hydrogen) atoms. The highest BCUT2D eigenvalue weighted by atomic mass is 35.5. The minimum atomic E-state index is -4.67. The van der Waals surface area contributed by atoms with Crippen LogP contribution < -0.4 is 0 Å². The molecule has 0 N–H and O–H groups in total. The zero-order chi connectivity index (χ0) is 15.0. The molecule has 0 aliphatic heterocycles. The average Bonchev–Trinajstić information content (AvgIpc) is 2.79. The summed E-state index contributed by atoms with van der Waals surface area (Å²) in [7, 11) is 0. The van der Waals surface area contributed by atoms with Crippen LogP contribution in [0.4, 0.5) is 13.2 Å². The van der Waals surface area contributed by atoms with Gasteiger partial charge in [0.15, 0.2) is 5.58 Å². The molecule has 2 heterocycles. The van der Waals surface area contributed by atoms with E-state index >= 15 is 0 Å². The second-order valence-electron chi connectivity index (χ2n) is 3.90. The van der Waals surface area contributed by atoms with Gasteiger partial charge in [-0.1, -0.05) is 23.7 Å². The summed E-state index contributed by atoms with van der Waals surface area (Å²) in [4.78, 5) is 10.7. The number of oxazole rings is 1. The highest BCUT2D eigenvalue weighted by molar-refractivity contribution is 7.99. The van der Waals surface area contributed by atoms with Crippen molar-refractivity contribution >= 4 is 34.5 Å². The smallest absolute Gasteiger partial charge is 0.431 e. The molecule has 4 nitrogen and oxygen atoms in total. The summed E-state index contributed by atoms with van der Waals surface area (Å²) in [6, 6.07) is 8.21. The van der Waals surface area contributed by atoms with E-state index in [-0.39, 0.29) is 15.4 Å². The molecule has 0 atom stereocenters. The molecule has 3 aromatic rings. The van der Waals surface area contributed by atoms with Crippen molar-refractivity contribution in [3.8, 4) is 0 Å². The number of nitrogens with zero attached hydrogens (tertiary/aromatic N) is 3. The van der Waals surface area contributed by atoms with Gasteiger partial charge in [0, 0.05) is 6.07 Å². The van der Waals surface area contributed by atoms with Crippen LogP contribution in [0.25, 0.3) is 11.1 Å².